The molecule has 2 rings (SSSR count). The Morgan fingerprint density at radius 1 is 1.45 bits per heavy atom. The number of nitrogens with zero attached hydrogens (tertiary/aromatic N) is 3. The third kappa shape index (κ3) is 3.14. The molecule has 2 aromatic rings. The highest BCUT2D eigenvalue weighted by molar-refractivity contribution is 5.81. The van der Waals surface area contributed by atoms with E-state index in [0.717, 1.165) is 0 Å². The van der Waals surface area contributed by atoms with E-state index < -0.39 is 0 Å². The fourth-order valence-electron chi connectivity index (χ4n) is 1.76. The van der Waals surface area contributed by atoms with Crippen LogP contribution in [0.1, 0.15) is 20.8 Å². The van der Waals surface area contributed by atoms with Gasteiger partial charge in [0.25, 0.3) is 5.56 Å². The number of aromatic nitrogens is 4. The van der Waals surface area contributed by atoms with E-state index in [4.69, 9.17) is 0 Å². The van der Waals surface area contributed by atoms with Crippen LogP contribution in [0.5, 0.6) is 0 Å². The first-order chi connectivity index (χ1) is 9.26. The van der Waals surface area contributed by atoms with Crippen molar-refractivity contribution in [2.24, 2.45) is 0 Å². The van der Waals surface area contributed by atoms with Gasteiger partial charge in [0.05, 0.1) is 12.7 Å². The fraction of sp³-hybridized carbons (Fsp3) is 0.500. The second kappa shape index (κ2) is 4.95. The number of fused-ring (bicyclic) bond motifs is 1. The maximum atomic E-state index is 11.8. The van der Waals surface area contributed by atoms with Crippen LogP contribution < -0.4 is 15.8 Å². The molecule has 0 aliphatic rings. The lowest BCUT2D eigenvalue weighted by Gasteiger charge is -2.23. The zero-order valence-corrected chi connectivity index (χ0v) is 11.9. The summed E-state index contributed by atoms with van der Waals surface area (Å²) in [6.45, 7) is 5.81. The summed E-state index contributed by atoms with van der Waals surface area (Å²) in [5.74, 6) is 0.170. The summed E-state index contributed by atoms with van der Waals surface area (Å²) in [6.07, 6.45) is 1.41. The number of carbonyl (C=O) groups excluding carboxylic acids is 1. The Morgan fingerprint density at radius 2 is 2.15 bits per heavy atom. The van der Waals surface area contributed by atoms with Crippen molar-refractivity contribution in [2.45, 2.75) is 26.3 Å². The van der Waals surface area contributed by atoms with Crippen molar-refractivity contribution in [1.82, 2.24) is 25.5 Å². The molecule has 0 aromatic carbocycles. The second-order valence-corrected chi connectivity index (χ2v) is 5.68. The van der Waals surface area contributed by atoms with E-state index in [9.17, 15) is 9.59 Å². The van der Waals surface area contributed by atoms with E-state index >= 15 is 0 Å². The topological polar surface area (TPSA) is 107 Å². The molecule has 0 aliphatic heterocycles. The van der Waals surface area contributed by atoms with Crippen molar-refractivity contribution in [2.75, 3.05) is 18.5 Å². The molecular formula is C12H18N6O2. The van der Waals surface area contributed by atoms with Crippen molar-refractivity contribution in [3.05, 3.63) is 16.6 Å². The standard InChI is InChI=1S/C12H18N6O2/c1-12(2,3)16-8(19)6-18(4)11-14-9-7(5-13-17-9)10(20)15-11/h5H,6H2,1-4H3,(H,16,19)(H2,13,14,15,17,20). The summed E-state index contributed by atoms with van der Waals surface area (Å²) >= 11 is 0. The van der Waals surface area contributed by atoms with Crippen LogP contribution in [0.3, 0.4) is 0 Å². The van der Waals surface area contributed by atoms with E-state index in [1.165, 1.54) is 6.20 Å². The maximum Gasteiger partial charge on any atom is 0.263 e. The number of rotatable bonds is 3. The second-order valence-electron chi connectivity index (χ2n) is 5.68. The predicted octanol–water partition coefficient (Wildman–Crippen LogP) is -0.00290. The minimum absolute atomic E-state index is 0.0971. The molecule has 0 unspecified atom stereocenters. The Bertz CT molecular complexity index is 681. The van der Waals surface area contributed by atoms with Gasteiger partial charge in [0.2, 0.25) is 11.9 Å². The lowest BCUT2D eigenvalue weighted by atomic mass is 10.1. The zero-order chi connectivity index (χ0) is 14.9. The van der Waals surface area contributed by atoms with Crippen LogP contribution in [-0.4, -0.2) is 45.2 Å². The number of hydrogen-bond donors (Lipinski definition) is 3. The average Bonchev–Trinajstić information content (AvgIpc) is 2.74. The average molecular weight is 278 g/mol. The number of aromatic amines is 2. The normalized spacial score (nSPS) is 11.6. The lowest BCUT2D eigenvalue weighted by molar-refractivity contribution is -0.121. The van der Waals surface area contributed by atoms with Crippen molar-refractivity contribution in [1.29, 1.82) is 0 Å². The number of anilines is 1. The van der Waals surface area contributed by atoms with Crippen molar-refractivity contribution in [3.63, 3.8) is 0 Å². The summed E-state index contributed by atoms with van der Waals surface area (Å²) in [4.78, 5) is 32.1. The van der Waals surface area contributed by atoms with E-state index in [-0.39, 0.29) is 23.6 Å². The minimum atomic E-state index is -0.300. The summed E-state index contributed by atoms with van der Waals surface area (Å²) in [5, 5.41) is 9.64. The molecule has 0 radical (unpaired) electrons. The molecular weight excluding hydrogens is 260 g/mol. The molecule has 2 heterocycles. The van der Waals surface area contributed by atoms with Gasteiger partial charge in [-0.05, 0) is 20.8 Å². The number of amides is 1. The van der Waals surface area contributed by atoms with Crippen molar-refractivity contribution in [3.8, 4) is 0 Å². The molecule has 0 atom stereocenters. The first-order valence-corrected chi connectivity index (χ1v) is 6.22. The molecule has 108 valence electrons. The summed E-state index contributed by atoms with van der Waals surface area (Å²) in [6, 6.07) is 0. The van der Waals surface area contributed by atoms with Crippen molar-refractivity contribution >= 4 is 22.9 Å². The number of nitrogens with one attached hydrogen (secondary N) is 3. The summed E-state index contributed by atoms with van der Waals surface area (Å²) in [5.41, 5.74) is -0.194. The van der Waals surface area contributed by atoms with Gasteiger partial charge in [-0.2, -0.15) is 10.1 Å². The first-order valence-electron chi connectivity index (χ1n) is 6.22. The van der Waals surface area contributed by atoms with Crippen LogP contribution in [0.15, 0.2) is 11.0 Å². The van der Waals surface area contributed by atoms with E-state index in [2.05, 4.69) is 25.5 Å². The van der Waals surface area contributed by atoms with E-state index in [1.807, 2.05) is 20.8 Å². The number of carbonyl (C=O) groups is 1. The summed E-state index contributed by atoms with van der Waals surface area (Å²) < 4.78 is 0. The van der Waals surface area contributed by atoms with Crippen molar-refractivity contribution < 1.29 is 4.79 Å². The Balaban J connectivity index is 2.17. The molecule has 3 N–H and O–H groups in total. The Hall–Kier alpha value is -2.38. The van der Waals surface area contributed by atoms with Gasteiger partial charge in [-0.1, -0.05) is 0 Å². The third-order valence-corrected chi connectivity index (χ3v) is 2.56. The van der Waals surface area contributed by atoms with E-state index in [0.29, 0.717) is 17.0 Å². The molecule has 1 amide bonds. The Labute approximate surface area is 115 Å². The quantitative estimate of drug-likeness (QED) is 0.732. The van der Waals surface area contributed by atoms with Crippen LogP contribution in [-0.2, 0) is 4.79 Å². The van der Waals surface area contributed by atoms with Gasteiger partial charge in [-0.3, -0.25) is 19.7 Å². The molecule has 0 bridgehead atoms. The van der Waals surface area contributed by atoms with Gasteiger partial charge >= 0.3 is 0 Å². The number of hydrogen-bond acceptors (Lipinski definition) is 5. The highest BCUT2D eigenvalue weighted by Gasteiger charge is 2.17. The van der Waals surface area contributed by atoms with Crippen LogP contribution in [0, 0.1) is 0 Å². The smallest absolute Gasteiger partial charge is 0.263 e. The highest BCUT2D eigenvalue weighted by Crippen LogP contribution is 2.07. The molecule has 0 fully saturated rings. The molecule has 0 saturated carbocycles. The zero-order valence-electron chi connectivity index (χ0n) is 11.9. The van der Waals surface area contributed by atoms with Gasteiger partial charge in [-0.15, -0.1) is 0 Å². The summed E-state index contributed by atoms with van der Waals surface area (Å²) in [7, 11) is 1.68. The number of H-pyrrole nitrogens is 2. The van der Waals surface area contributed by atoms with Gasteiger partial charge < -0.3 is 10.2 Å². The number of likely N-dealkylation sites (N-methyl/N-ethyl adjacent to an activating group) is 1. The predicted molar refractivity (Wildman–Crippen MR) is 75.7 cm³/mol. The van der Waals surface area contributed by atoms with Gasteiger partial charge in [-0.25, -0.2) is 0 Å². The largest absolute Gasteiger partial charge is 0.350 e. The third-order valence-electron chi connectivity index (χ3n) is 2.56. The SMILES string of the molecule is CN(CC(=O)NC(C)(C)C)c1nc2[nH]ncc2c(=O)[nH]1. The lowest BCUT2D eigenvalue weighted by Crippen LogP contribution is -2.45. The molecule has 0 saturated heterocycles. The Kier molecular flexibility index (Phi) is 3.47. The molecule has 8 nitrogen and oxygen atoms in total. The molecule has 20 heavy (non-hydrogen) atoms. The molecule has 8 heteroatoms. The Morgan fingerprint density at radius 3 is 2.80 bits per heavy atom. The maximum absolute atomic E-state index is 11.8. The van der Waals surface area contributed by atoms with Gasteiger partial charge in [0.1, 0.15) is 5.39 Å². The molecule has 0 spiro atoms. The van der Waals surface area contributed by atoms with Gasteiger partial charge in [0, 0.05) is 12.6 Å². The highest BCUT2D eigenvalue weighted by atomic mass is 16.2. The monoisotopic (exact) mass is 278 g/mol. The fourth-order valence-corrected chi connectivity index (χ4v) is 1.76. The molecule has 0 aliphatic carbocycles. The van der Waals surface area contributed by atoms with Crippen LogP contribution in [0.4, 0.5) is 5.95 Å². The van der Waals surface area contributed by atoms with E-state index in [1.54, 1.807) is 11.9 Å². The first kappa shape index (κ1) is 14.0. The van der Waals surface area contributed by atoms with Crippen LogP contribution >= 0.6 is 0 Å². The molecule has 2 aromatic heterocycles. The van der Waals surface area contributed by atoms with Crippen LogP contribution in [0.25, 0.3) is 11.0 Å². The minimum Gasteiger partial charge on any atom is -0.350 e. The van der Waals surface area contributed by atoms with Gasteiger partial charge in [0.15, 0.2) is 5.65 Å². The van der Waals surface area contributed by atoms with Crippen LogP contribution in [0.2, 0.25) is 0 Å².